The number of benzene rings is 2. The van der Waals surface area contributed by atoms with Crippen molar-refractivity contribution in [2.45, 2.75) is 38.5 Å². The van der Waals surface area contributed by atoms with Crippen LogP contribution >= 0.6 is 0 Å². The van der Waals surface area contributed by atoms with E-state index in [1.54, 1.807) is 36.4 Å². The lowest BCUT2D eigenvalue weighted by molar-refractivity contribution is -0.129. The van der Waals surface area contributed by atoms with Crippen LogP contribution in [0.25, 0.3) is 0 Å². The molecule has 0 aliphatic carbocycles. The fraction of sp³-hybridized carbons (Fsp3) is 0.333. The number of ketones is 1. The molecule has 2 rings (SSSR count). The van der Waals surface area contributed by atoms with Crippen molar-refractivity contribution in [2.75, 3.05) is 13.2 Å². The molecule has 0 bridgehead atoms. The van der Waals surface area contributed by atoms with E-state index in [9.17, 15) is 23.5 Å². The Balaban J connectivity index is 2.00. The number of rotatable bonds is 9. The van der Waals surface area contributed by atoms with E-state index < -0.39 is 36.4 Å². The third-order valence-corrected chi connectivity index (χ3v) is 4.54. The van der Waals surface area contributed by atoms with E-state index in [0.29, 0.717) is 12.1 Å². The number of Topliss-reactive ketones (excluding diaryl/α,β-unsaturated/α-hetero) is 1. The monoisotopic (exact) mass is 444 g/mol. The highest BCUT2D eigenvalue weighted by Gasteiger charge is 2.34. The third-order valence-electron chi connectivity index (χ3n) is 4.54. The van der Waals surface area contributed by atoms with Gasteiger partial charge in [-0.15, -0.1) is 0 Å². The Morgan fingerprint density at radius 3 is 2.00 bits per heavy atom. The summed E-state index contributed by atoms with van der Waals surface area (Å²) in [5.74, 6) is 4.71. The fourth-order valence-electron chi connectivity index (χ4n) is 2.84. The van der Waals surface area contributed by atoms with Crippen molar-refractivity contribution >= 4 is 11.7 Å². The molecule has 2 aromatic carbocycles. The molecule has 0 saturated heterocycles. The van der Waals surface area contributed by atoms with Gasteiger partial charge in [-0.1, -0.05) is 24.0 Å². The summed E-state index contributed by atoms with van der Waals surface area (Å²) < 4.78 is 24.3. The van der Waals surface area contributed by atoms with Crippen molar-refractivity contribution in [1.29, 1.82) is 0 Å². The van der Waals surface area contributed by atoms with Crippen molar-refractivity contribution in [1.82, 2.24) is 10.6 Å². The number of alkyl halides is 2. The van der Waals surface area contributed by atoms with Crippen molar-refractivity contribution in [3.63, 3.8) is 0 Å². The van der Waals surface area contributed by atoms with Crippen molar-refractivity contribution in [3.8, 4) is 11.8 Å². The van der Waals surface area contributed by atoms with Crippen LogP contribution in [-0.4, -0.2) is 53.1 Å². The molecule has 6 nitrogen and oxygen atoms in total. The molecule has 2 aromatic rings. The zero-order valence-electron chi connectivity index (χ0n) is 17.9. The van der Waals surface area contributed by atoms with Crippen LogP contribution < -0.4 is 10.6 Å². The topological polar surface area (TPSA) is 98.7 Å². The first-order valence-corrected chi connectivity index (χ1v) is 9.97. The second-order valence-corrected chi connectivity index (χ2v) is 7.73. The van der Waals surface area contributed by atoms with Crippen LogP contribution in [0.3, 0.4) is 0 Å². The molecule has 32 heavy (non-hydrogen) atoms. The predicted octanol–water partition coefficient (Wildman–Crippen LogP) is 1.87. The molecule has 0 radical (unpaired) electrons. The number of carbonyl (C=O) groups is 2. The number of carbonyl (C=O) groups excluding carboxylic acids is 2. The molecule has 0 saturated carbocycles. The zero-order valence-corrected chi connectivity index (χ0v) is 17.9. The van der Waals surface area contributed by atoms with Crippen LogP contribution in [0.4, 0.5) is 8.78 Å². The molecule has 170 valence electrons. The van der Waals surface area contributed by atoms with Crippen molar-refractivity contribution < 1.29 is 28.6 Å². The second kappa shape index (κ2) is 11.5. The molecule has 0 fully saturated rings. The summed E-state index contributed by atoms with van der Waals surface area (Å²) in [6.45, 7) is 1.94. The van der Waals surface area contributed by atoms with Crippen LogP contribution in [-0.2, 0) is 11.3 Å². The molecule has 0 aliphatic rings. The lowest BCUT2D eigenvalue weighted by Gasteiger charge is -2.28. The Labute approximate surface area is 185 Å². The molecular weight excluding hydrogens is 418 g/mol. The van der Waals surface area contributed by atoms with E-state index in [1.165, 1.54) is 13.8 Å². The summed E-state index contributed by atoms with van der Waals surface area (Å²) in [6, 6.07) is 12.4. The first kappa shape index (κ1) is 25.1. The smallest absolute Gasteiger partial charge is 0.251 e. The highest BCUT2D eigenvalue weighted by atomic mass is 19.3. The fourth-order valence-corrected chi connectivity index (χ4v) is 2.84. The Morgan fingerprint density at radius 2 is 1.53 bits per heavy atom. The summed E-state index contributed by atoms with van der Waals surface area (Å²) in [7, 11) is 0. The molecule has 0 spiro atoms. The molecule has 0 aliphatic heterocycles. The molecule has 0 unspecified atom stereocenters. The van der Waals surface area contributed by atoms with Gasteiger partial charge in [0, 0.05) is 23.2 Å². The number of aliphatic hydroxyl groups is 2. The normalized spacial score (nSPS) is 12.1. The van der Waals surface area contributed by atoms with Gasteiger partial charge in [0.15, 0.2) is 5.78 Å². The molecule has 0 heterocycles. The predicted molar refractivity (Wildman–Crippen MR) is 116 cm³/mol. The van der Waals surface area contributed by atoms with E-state index in [1.807, 2.05) is 12.1 Å². The van der Waals surface area contributed by atoms with Crippen LogP contribution in [0.5, 0.6) is 0 Å². The quantitative estimate of drug-likeness (QED) is 0.443. The third kappa shape index (κ3) is 7.85. The van der Waals surface area contributed by atoms with Crippen LogP contribution in [0.2, 0.25) is 0 Å². The Bertz CT molecular complexity index is 972. The number of aliphatic hydroxyl groups excluding tert-OH is 1. The van der Waals surface area contributed by atoms with E-state index in [0.717, 1.165) is 11.1 Å². The second-order valence-electron chi connectivity index (χ2n) is 7.73. The molecule has 8 heteroatoms. The Hall–Kier alpha value is -3.12. The highest BCUT2D eigenvalue weighted by Crippen LogP contribution is 2.12. The SMILES string of the molecule is CC(C)(O)[C@H](NC(=O)c1ccc(C#Cc2ccc(CNCC(F)F)cc2)cc1)C(=O)CO. The van der Waals surface area contributed by atoms with Crippen molar-refractivity contribution in [3.05, 3.63) is 70.8 Å². The van der Waals surface area contributed by atoms with Gasteiger partial charge >= 0.3 is 0 Å². The number of halogens is 2. The summed E-state index contributed by atoms with van der Waals surface area (Å²) >= 11 is 0. The maximum atomic E-state index is 12.4. The molecule has 1 atom stereocenters. The van der Waals surface area contributed by atoms with E-state index in [2.05, 4.69) is 22.5 Å². The van der Waals surface area contributed by atoms with Gasteiger partial charge in [-0.2, -0.15) is 0 Å². The summed E-state index contributed by atoms with van der Waals surface area (Å²) in [6.07, 6.45) is -2.39. The first-order valence-electron chi connectivity index (χ1n) is 9.97. The minimum Gasteiger partial charge on any atom is -0.388 e. The minimum absolute atomic E-state index is 0.274. The van der Waals surface area contributed by atoms with Gasteiger partial charge in [-0.3, -0.25) is 9.59 Å². The van der Waals surface area contributed by atoms with Crippen LogP contribution in [0, 0.1) is 11.8 Å². The van der Waals surface area contributed by atoms with E-state index in [4.69, 9.17) is 5.11 Å². The lowest BCUT2D eigenvalue weighted by atomic mass is 9.94. The highest BCUT2D eigenvalue weighted by molar-refractivity contribution is 5.98. The molecule has 1 amide bonds. The van der Waals surface area contributed by atoms with Gasteiger partial charge in [0.05, 0.1) is 12.1 Å². The van der Waals surface area contributed by atoms with E-state index in [-0.39, 0.29) is 12.1 Å². The summed E-state index contributed by atoms with van der Waals surface area (Å²) in [5, 5.41) is 24.2. The number of amides is 1. The first-order chi connectivity index (χ1) is 15.1. The van der Waals surface area contributed by atoms with Gasteiger partial charge < -0.3 is 20.8 Å². The van der Waals surface area contributed by atoms with Gasteiger partial charge in [0.1, 0.15) is 12.6 Å². The van der Waals surface area contributed by atoms with Gasteiger partial charge in [0.2, 0.25) is 0 Å². The zero-order chi connectivity index (χ0) is 23.7. The summed E-state index contributed by atoms with van der Waals surface area (Å²) in [4.78, 5) is 24.2. The largest absolute Gasteiger partial charge is 0.388 e. The number of hydrogen-bond acceptors (Lipinski definition) is 5. The number of hydrogen-bond donors (Lipinski definition) is 4. The van der Waals surface area contributed by atoms with Crippen LogP contribution in [0.1, 0.15) is 40.9 Å². The van der Waals surface area contributed by atoms with Gasteiger partial charge in [0.25, 0.3) is 12.3 Å². The average Bonchev–Trinajstić information content (AvgIpc) is 2.75. The molecular formula is C24H26F2N2O4. The average molecular weight is 444 g/mol. The standard InChI is InChI=1S/C24H26F2N2O4/c1-24(2,32)22(20(30)15-29)28-23(31)19-11-9-17(10-12-19)4-3-16-5-7-18(8-6-16)13-27-14-21(25)26/h5-12,21-22,27,29,32H,13-15H2,1-2H3,(H,28,31)/t22-/m1/s1. The molecule has 0 aromatic heterocycles. The van der Waals surface area contributed by atoms with Gasteiger partial charge in [-0.25, -0.2) is 8.78 Å². The number of nitrogens with one attached hydrogen (secondary N) is 2. The maximum Gasteiger partial charge on any atom is 0.251 e. The lowest BCUT2D eigenvalue weighted by Crippen LogP contribution is -2.54. The maximum absolute atomic E-state index is 12.4. The molecule has 4 N–H and O–H groups in total. The summed E-state index contributed by atoms with van der Waals surface area (Å²) in [5.41, 5.74) is 1.02. The van der Waals surface area contributed by atoms with E-state index >= 15 is 0 Å². The van der Waals surface area contributed by atoms with Crippen molar-refractivity contribution in [2.24, 2.45) is 0 Å². The van der Waals surface area contributed by atoms with Gasteiger partial charge in [-0.05, 0) is 55.8 Å². The van der Waals surface area contributed by atoms with Crippen LogP contribution in [0.15, 0.2) is 48.5 Å². The Morgan fingerprint density at radius 1 is 1.00 bits per heavy atom. The Kier molecular flexibility index (Phi) is 9.02. The minimum atomic E-state index is -2.39.